The zero-order valence-electron chi connectivity index (χ0n) is 12.2. The third kappa shape index (κ3) is 3.12. The van der Waals surface area contributed by atoms with Gasteiger partial charge < -0.3 is 4.74 Å². The third-order valence-corrected chi connectivity index (χ3v) is 5.63. The number of rotatable bonds is 3. The molecule has 0 spiro atoms. The van der Waals surface area contributed by atoms with Gasteiger partial charge in [0.15, 0.2) is 4.90 Å². The van der Waals surface area contributed by atoms with Gasteiger partial charge in [-0.2, -0.15) is 4.31 Å². The quantitative estimate of drug-likeness (QED) is 0.864. The van der Waals surface area contributed by atoms with Crippen LogP contribution in [0.5, 0.6) is 0 Å². The lowest BCUT2D eigenvalue weighted by Gasteiger charge is -2.32. The maximum Gasteiger partial charge on any atom is 0.249 e. The van der Waals surface area contributed by atoms with Gasteiger partial charge in [0.2, 0.25) is 10.0 Å². The van der Waals surface area contributed by atoms with Gasteiger partial charge in [0.05, 0.1) is 12.7 Å². The number of morpholine rings is 1. The number of hydrogen-bond acceptors (Lipinski definition) is 3. The Kier molecular flexibility index (Phi) is 4.43. The lowest BCUT2D eigenvalue weighted by atomic mass is 10.1. The number of benzene rings is 2. The zero-order valence-corrected chi connectivity index (χ0v) is 13.0. The van der Waals surface area contributed by atoms with Crippen LogP contribution in [0.4, 0.5) is 8.78 Å². The molecule has 2 aromatic carbocycles. The van der Waals surface area contributed by atoms with E-state index < -0.39 is 32.7 Å². The molecule has 0 saturated carbocycles. The minimum absolute atomic E-state index is 0.0140. The Morgan fingerprint density at radius 1 is 1.00 bits per heavy atom. The zero-order chi connectivity index (χ0) is 16.4. The predicted molar refractivity (Wildman–Crippen MR) is 80.3 cm³/mol. The minimum atomic E-state index is -4.26. The third-order valence-electron chi connectivity index (χ3n) is 3.72. The van der Waals surface area contributed by atoms with Crippen molar-refractivity contribution in [3.05, 3.63) is 65.7 Å². The van der Waals surface area contributed by atoms with E-state index in [0.29, 0.717) is 0 Å². The van der Waals surface area contributed by atoms with E-state index in [4.69, 9.17) is 4.74 Å². The number of ether oxygens (including phenoxy) is 1. The van der Waals surface area contributed by atoms with E-state index >= 15 is 0 Å². The van der Waals surface area contributed by atoms with Crippen LogP contribution in [0.1, 0.15) is 11.7 Å². The molecule has 0 N–H and O–H groups in total. The van der Waals surface area contributed by atoms with Gasteiger partial charge in [-0.15, -0.1) is 0 Å². The second kappa shape index (κ2) is 6.35. The van der Waals surface area contributed by atoms with E-state index in [2.05, 4.69) is 0 Å². The molecule has 1 atom stereocenters. The Bertz CT molecular complexity index is 776. The first-order valence-electron chi connectivity index (χ1n) is 7.11. The van der Waals surface area contributed by atoms with Crippen LogP contribution in [-0.4, -0.2) is 32.4 Å². The Labute approximate surface area is 133 Å². The molecule has 1 aliphatic rings. The number of hydrogen-bond donors (Lipinski definition) is 0. The van der Waals surface area contributed by atoms with Crippen LogP contribution in [0.2, 0.25) is 0 Å². The predicted octanol–water partition coefficient (Wildman–Crippen LogP) is 2.73. The monoisotopic (exact) mass is 339 g/mol. The van der Waals surface area contributed by atoms with E-state index in [1.807, 2.05) is 30.3 Å². The van der Waals surface area contributed by atoms with Crippen LogP contribution in [0.3, 0.4) is 0 Å². The summed E-state index contributed by atoms with van der Waals surface area (Å²) in [5, 5.41) is 0. The highest BCUT2D eigenvalue weighted by Crippen LogP contribution is 2.28. The minimum Gasteiger partial charge on any atom is -0.371 e. The topological polar surface area (TPSA) is 46.6 Å². The fourth-order valence-corrected chi connectivity index (χ4v) is 4.11. The molecule has 2 aromatic rings. The number of halogens is 2. The van der Waals surface area contributed by atoms with Crippen molar-refractivity contribution in [1.29, 1.82) is 0 Å². The van der Waals surface area contributed by atoms with E-state index in [-0.39, 0.29) is 19.7 Å². The van der Waals surface area contributed by atoms with Crippen molar-refractivity contribution < 1.29 is 21.9 Å². The van der Waals surface area contributed by atoms with E-state index in [1.165, 1.54) is 0 Å². The molecule has 1 fully saturated rings. The molecule has 1 unspecified atom stereocenters. The van der Waals surface area contributed by atoms with Crippen LogP contribution in [0, 0.1) is 11.6 Å². The van der Waals surface area contributed by atoms with Crippen molar-refractivity contribution >= 4 is 10.0 Å². The molecular formula is C16H15F2NO3S. The lowest BCUT2D eigenvalue weighted by Crippen LogP contribution is -2.42. The van der Waals surface area contributed by atoms with Crippen molar-refractivity contribution in [3.8, 4) is 0 Å². The largest absolute Gasteiger partial charge is 0.371 e. The Morgan fingerprint density at radius 3 is 2.30 bits per heavy atom. The molecule has 0 bridgehead atoms. The molecule has 0 amide bonds. The second-order valence-electron chi connectivity index (χ2n) is 5.18. The van der Waals surface area contributed by atoms with Crippen LogP contribution in [0.15, 0.2) is 53.4 Å². The van der Waals surface area contributed by atoms with Gasteiger partial charge in [0.1, 0.15) is 11.6 Å². The Hall–Kier alpha value is -1.83. The first-order chi connectivity index (χ1) is 11.0. The molecule has 1 heterocycles. The molecular weight excluding hydrogens is 324 g/mol. The maximum absolute atomic E-state index is 13.8. The highest BCUT2D eigenvalue weighted by molar-refractivity contribution is 7.89. The van der Waals surface area contributed by atoms with Gasteiger partial charge in [0, 0.05) is 13.1 Å². The summed E-state index contributed by atoms with van der Waals surface area (Å²) in [7, 11) is -4.26. The first-order valence-corrected chi connectivity index (χ1v) is 8.55. The van der Waals surface area contributed by atoms with Crippen molar-refractivity contribution in [2.24, 2.45) is 0 Å². The summed E-state index contributed by atoms with van der Waals surface area (Å²) in [4.78, 5) is -0.909. The van der Waals surface area contributed by atoms with Gasteiger partial charge in [-0.3, -0.25) is 0 Å². The summed E-state index contributed by atoms with van der Waals surface area (Å²) in [5.74, 6) is -2.18. The van der Waals surface area contributed by atoms with Crippen LogP contribution in [-0.2, 0) is 14.8 Å². The molecule has 122 valence electrons. The van der Waals surface area contributed by atoms with Crippen molar-refractivity contribution in [3.63, 3.8) is 0 Å². The maximum atomic E-state index is 13.8. The summed E-state index contributed by atoms with van der Waals surface area (Å²) in [6.45, 7) is 0.231. The normalized spacial score (nSPS) is 19.7. The average molecular weight is 339 g/mol. The fourth-order valence-electron chi connectivity index (χ4n) is 2.57. The van der Waals surface area contributed by atoms with Crippen LogP contribution >= 0.6 is 0 Å². The summed E-state index contributed by atoms with van der Waals surface area (Å²) in [6, 6.07) is 12.1. The molecule has 1 saturated heterocycles. The molecule has 0 aromatic heterocycles. The van der Waals surface area contributed by atoms with Crippen LogP contribution in [0.25, 0.3) is 0 Å². The van der Waals surface area contributed by atoms with Crippen molar-refractivity contribution in [2.45, 2.75) is 11.0 Å². The van der Waals surface area contributed by atoms with Gasteiger partial charge in [-0.1, -0.05) is 36.4 Å². The molecule has 3 rings (SSSR count). The Morgan fingerprint density at radius 2 is 1.65 bits per heavy atom. The first kappa shape index (κ1) is 16.0. The van der Waals surface area contributed by atoms with E-state index in [0.717, 1.165) is 28.1 Å². The average Bonchev–Trinajstić information content (AvgIpc) is 2.55. The summed E-state index contributed by atoms with van der Waals surface area (Å²) >= 11 is 0. The van der Waals surface area contributed by atoms with E-state index in [1.54, 1.807) is 0 Å². The van der Waals surface area contributed by atoms with Gasteiger partial charge in [0.25, 0.3) is 0 Å². The van der Waals surface area contributed by atoms with Crippen molar-refractivity contribution in [1.82, 2.24) is 4.31 Å². The lowest BCUT2D eigenvalue weighted by molar-refractivity contribution is -0.00267. The number of sulfonamides is 1. The second-order valence-corrected chi connectivity index (χ2v) is 7.06. The smallest absolute Gasteiger partial charge is 0.249 e. The fraction of sp³-hybridized carbons (Fsp3) is 0.250. The summed E-state index contributed by atoms with van der Waals surface area (Å²) in [6.07, 6.45) is -0.463. The molecule has 0 radical (unpaired) electrons. The molecule has 4 nitrogen and oxygen atoms in total. The highest BCUT2D eigenvalue weighted by Gasteiger charge is 2.35. The molecule has 1 aliphatic heterocycles. The Balaban J connectivity index is 1.92. The van der Waals surface area contributed by atoms with Crippen molar-refractivity contribution in [2.75, 3.05) is 19.7 Å². The molecule has 7 heteroatoms. The van der Waals surface area contributed by atoms with Gasteiger partial charge in [-0.25, -0.2) is 17.2 Å². The van der Waals surface area contributed by atoms with Gasteiger partial charge in [-0.05, 0) is 17.7 Å². The van der Waals surface area contributed by atoms with Gasteiger partial charge >= 0.3 is 0 Å². The molecule has 0 aliphatic carbocycles. The SMILES string of the molecule is O=S(=O)(c1c(F)cccc1F)N1CCOC(c2ccccc2)C1. The molecule has 23 heavy (non-hydrogen) atoms. The summed E-state index contributed by atoms with van der Waals surface area (Å²) < 4.78 is 59.5. The summed E-state index contributed by atoms with van der Waals surface area (Å²) in [5.41, 5.74) is 0.821. The number of nitrogens with zero attached hydrogens (tertiary/aromatic N) is 1. The highest BCUT2D eigenvalue weighted by atomic mass is 32.2. The van der Waals surface area contributed by atoms with Crippen LogP contribution < -0.4 is 0 Å². The standard InChI is InChI=1S/C16H15F2NO3S/c17-13-7-4-8-14(18)16(13)23(20,21)19-9-10-22-15(11-19)12-5-2-1-3-6-12/h1-8,15H,9-11H2. The van der Waals surface area contributed by atoms with E-state index in [9.17, 15) is 17.2 Å².